The molecule has 1 amide bonds. The molecular weight excluding hydrogens is 282 g/mol. The average molecular weight is 299 g/mol. The Kier molecular flexibility index (Phi) is 5.20. The number of rotatable bonds is 4. The van der Waals surface area contributed by atoms with E-state index in [1.165, 1.54) is 5.38 Å². The lowest BCUT2D eigenvalue weighted by Gasteiger charge is -2.18. The molecule has 0 saturated heterocycles. The van der Waals surface area contributed by atoms with E-state index in [-0.39, 0.29) is 23.1 Å². The maximum Gasteiger partial charge on any atom is 0.413 e. The molecule has 7 nitrogen and oxygen atoms in total. The molecule has 0 atom stereocenters. The molecule has 0 aliphatic heterocycles. The largest absolute Gasteiger partial charge is 0.461 e. The van der Waals surface area contributed by atoms with Crippen molar-refractivity contribution in [3.8, 4) is 0 Å². The van der Waals surface area contributed by atoms with Crippen LogP contribution in [0.25, 0.3) is 0 Å². The zero-order valence-electron chi connectivity index (χ0n) is 11.8. The summed E-state index contributed by atoms with van der Waals surface area (Å²) in [5.41, 5.74) is -0.804. The maximum atomic E-state index is 11.5. The van der Waals surface area contributed by atoms with Crippen molar-refractivity contribution in [1.82, 2.24) is 4.98 Å². The van der Waals surface area contributed by atoms with Gasteiger partial charge in [0.2, 0.25) is 0 Å². The lowest BCUT2D eigenvalue weighted by molar-refractivity contribution is -0.135. The first-order valence-corrected chi connectivity index (χ1v) is 6.82. The van der Waals surface area contributed by atoms with E-state index in [1.807, 2.05) is 0 Å². The first-order valence-electron chi connectivity index (χ1n) is 5.94. The third kappa shape index (κ3) is 4.96. The van der Waals surface area contributed by atoms with Crippen LogP contribution in [0.3, 0.4) is 0 Å². The van der Waals surface area contributed by atoms with Gasteiger partial charge in [-0.3, -0.25) is 10.7 Å². The van der Waals surface area contributed by atoms with Crippen LogP contribution < -0.4 is 5.32 Å². The Morgan fingerprint density at radius 3 is 2.65 bits per heavy atom. The highest BCUT2D eigenvalue weighted by atomic mass is 32.1. The summed E-state index contributed by atoms with van der Waals surface area (Å²) in [6.45, 7) is 7.08. The zero-order valence-corrected chi connectivity index (χ0v) is 12.6. The lowest BCUT2D eigenvalue weighted by atomic mass is 10.2. The number of anilines is 1. The van der Waals surface area contributed by atoms with Gasteiger partial charge in [0, 0.05) is 5.38 Å². The SMILES string of the molecule is CCOC(=O)C(=N)c1csc(NC(=O)OC(C)(C)C)n1. The second kappa shape index (κ2) is 6.47. The summed E-state index contributed by atoms with van der Waals surface area (Å²) in [5.74, 6) is -0.749. The molecule has 110 valence electrons. The predicted molar refractivity (Wildman–Crippen MR) is 75.4 cm³/mol. The third-order valence-electron chi connectivity index (χ3n) is 1.85. The molecule has 1 aromatic heterocycles. The minimum atomic E-state index is -0.749. The van der Waals surface area contributed by atoms with Crippen molar-refractivity contribution in [1.29, 1.82) is 5.41 Å². The number of carbonyl (C=O) groups excluding carboxylic acids is 2. The monoisotopic (exact) mass is 299 g/mol. The molecule has 20 heavy (non-hydrogen) atoms. The van der Waals surface area contributed by atoms with Crippen LogP contribution in [-0.2, 0) is 14.3 Å². The molecular formula is C12H17N3O4S. The van der Waals surface area contributed by atoms with E-state index >= 15 is 0 Å². The van der Waals surface area contributed by atoms with Crippen LogP contribution in [0.4, 0.5) is 9.93 Å². The fourth-order valence-corrected chi connectivity index (χ4v) is 1.83. The number of carbonyl (C=O) groups is 2. The first-order chi connectivity index (χ1) is 9.23. The van der Waals surface area contributed by atoms with Crippen molar-refractivity contribution in [2.75, 3.05) is 11.9 Å². The lowest BCUT2D eigenvalue weighted by Crippen LogP contribution is -2.27. The van der Waals surface area contributed by atoms with Gasteiger partial charge in [-0.15, -0.1) is 11.3 Å². The van der Waals surface area contributed by atoms with Crippen LogP contribution >= 0.6 is 11.3 Å². The van der Waals surface area contributed by atoms with Crippen LogP contribution in [0.1, 0.15) is 33.4 Å². The van der Waals surface area contributed by atoms with Gasteiger partial charge in [0.05, 0.1) is 6.61 Å². The van der Waals surface area contributed by atoms with Crippen LogP contribution in [0.2, 0.25) is 0 Å². The van der Waals surface area contributed by atoms with Crippen LogP contribution in [-0.4, -0.2) is 35.0 Å². The van der Waals surface area contributed by atoms with Gasteiger partial charge in [0.25, 0.3) is 0 Å². The Labute approximate surface area is 120 Å². The van der Waals surface area contributed by atoms with Gasteiger partial charge in [0.15, 0.2) is 10.8 Å². The molecule has 0 bridgehead atoms. The summed E-state index contributed by atoms with van der Waals surface area (Å²) >= 11 is 1.10. The van der Waals surface area contributed by atoms with Crippen molar-refractivity contribution < 1.29 is 19.1 Å². The standard InChI is InChI=1S/C12H17N3O4S/c1-5-18-9(16)8(13)7-6-20-10(14-7)15-11(17)19-12(2,3)4/h6,13H,5H2,1-4H3,(H,14,15,17). The number of hydrogen-bond acceptors (Lipinski definition) is 7. The number of aromatic nitrogens is 1. The summed E-state index contributed by atoms with van der Waals surface area (Å²) in [7, 11) is 0. The Balaban J connectivity index is 2.66. The highest BCUT2D eigenvalue weighted by Crippen LogP contribution is 2.17. The summed E-state index contributed by atoms with van der Waals surface area (Å²) in [6, 6.07) is 0. The molecule has 0 unspecified atom stereocenters. The average Bonchev–Trinajstić information content (AvgIpc) is 2.74. The normalized spacial score (nSPS) is 10.8. The molecule has 0 spiro atoms. The van der Waals surface area contributed by atoms with Gasteiger partial charge < -0.3 is 9.47 Å². The minimum absolute atomic E-state index is 0.152. The predicted octanol–water partition coefficient (Wildman–Crippen LogP) is 2.42. The van der Waals surface area contributed by atoms with E-state index in [4.69, 9.17) is 14.9 Å². The molecule has 0 aliphatic rings. The molecule has 1 heterocycles. The summed E-state index contributed by atoms with van der Waals surface area (Å²) in [6.07, 6.45) is -0.638. The molecule has 0 aliphatic carbocycles. The van der Waals surface area contributed by atoms with Gasteiger partial charge >= 0.3 is 12.1 Å². The van der Waals surface area contributed by atoms with Gasteiger partial charge in [0.1, 0.15) is 11.3 Å². The Morgan fingerprint density at radius 2 is 2.10 bits per heavy atom. The van der Waals surface area contributed by atoms with E-state index in [9.17, 15) is 9.59 Å². The van der Waals surface area contributed by atoms with E-state index < -0.39 is 17.7 Å². The second-order valence-corrected chi connectivity index (χ2v) is 5.62. The topological polar surface area (TPSA) is 101 Å². The highest BCUT2D eigenvalue weighted by Gasteiger charge is 2.19. The number of hydrogen-bond donors (Lipinski definition) is 2. The number of nitrogens with one attached hydrogen (secondary N) is 2. The zero-order chi connectivity index (χ0) is 15.3. The fourth-order valence-electron chi connectivity index (χ4n) is 1.14. The number of nitrogens with zero attached hydrogens (tertiary/aromatic N) is 1. The van der Waals surface area contributed by atoms with Crippen LogP contribution in [0.15, 0.2) is 5.38 Å². The Morgan fingerprint density at radius 1 is 1.45 bits per heavy atom. The van der Waals surface area contributed by atoms with Crippen molar-refractivity contribution >= 4 is 34.2 Å². The summed E-state index contributed by atoms with van der Waals surface area (Å²) < 4.78 is 9.77. The van der Waals surface area contributed by atoms with E-state index in [1.54, 1.807) is 27.7 Å². The molecule has 0 saturated carbocycles. The summed E-state index contributed by atoms with van der Waals surface area (Å²) in [5, 5.41) is 11.8. The Hall–Kier alpha value is -1.96. The van der Waals surface area contributed by atoms with E-state index in [0.29, 0.717) is 0 Å². The van der Waals surface area contributed by atoms with Gasteiger partial charge in [-0.1, -0.05) is 0 Å². The van der Waals surface area contributed by atoms with Crippen LogP contribution in [0, 0.1) is 5.41 Å². The number of amides is 1. The molecule has 2 N–H and O–H groups in total. The number of thiazole rings is 1. The maximum absolute atomic E-state index is 11.5. The molecule has 1 rings (SSSR count). The fraction of sp³-hybridized carbons (Fsp3) is 0.500. The highest BCUT2D eigenvalue weighted by molar-refractivity contribution is 7.14. The van der Waals surface area contributed by atoms with Crippen molar-refractivity contribution in [2.45, 2.75) is 33.3 Å². The smallest absolute Gasteiger partial charge is 0.413 e. The van der Waals surface area contributed by atoms with E-state index in [2.05, 4.69) is 10.3 Å². The van der Waals surface area contributed by atoms with Crippen molar-refractivity contribution in [2.24, 2.45) is 0 Å². The summed E-state index contributed by atoms with van der Waals surface area (Å²) in [4.78, 5) is 26.9. The van der Waals surface area contributed by atoms with Gasteiger partial charge in [-0.25, -0.2) is 14.6 Å². The number of ether oxygens (including phenoxy) is 2. The first kappa shape index (κ1) is 16.1. The minimum Gasteiger partial charge on any atom is -0.461 e. The van der Waals surface area contributed by atoms with Crippen molar-refractivity contribution in [3.05, 3.63) is 11.1 Å². The quantitative estimate of drug-likeness (QED) is 0.656. The third-order valence-corrected chi connectivity index (χ3v) is 2.61. The van der Waals surface area contributed by atoms with Gasteiger partial charge in [-0.2, -0.15) is 0 Å². The van der Waals surface area contributed by atoms with E-state index in [0.717, 1.165) is 11.3 Å². The molecule has 0 aromatic carbocycles. The molecule has 0 radical (unpaired) electrons. The number of esters is 1. The second-order valence-electron chi connectivity index (χ2n) is 4.76. The van der Waals surface area contributed by atoms with Gasteiger partial charge in [-0.05, 0) is 27.7 Å². The van der Waals surface area contributed by atoms with Crippen molar-refractivity contribution in [3.63, 3.8) is 0 Å². The Bertz CT molecular complexity index is 519. The van der Waals surface area contributed by atoms with Crippen LogP contribution in [0.5, 0.6) is 0 Å². The molecule has 0 fully saturated rings. The molecule has 1 aromatic rings. The molecule has 8 heteroatoms.